The van der Waals surface area contributed by atoms with Crippen molar-refractivity contribution in [1.29, 1.82) is 0 Å². The highest BCUT2D eigenvalue weighted by Crippen LogP contribution is 2.65. The van der Waals surface area contributed by atoms with E-state index in [2.05, 4.69) is 47.0 Å². The summed E-state index contributed by atoms with van der Waals surface area (Å²) in [5, 5.41) is 13.8. The van der Waals surface area contributed by atoms with E-state index in [1.807, 2.05) is 41.5 Å². The number of amides is 6. The van der Waals surface area contributed by atoms with Crippen LogP contribution >= 0.6 is 0 Å². The number of alkyl carbamates (subject to hydrolysis) is 1. The van der Waals surface area contributed by atoms with Crippen molar-refractivity contribution in [1.82, 2.24) is 31.5 Å². The molecule has 0 radical (unpaired) electrons. The molecule has 0 aromatic heterocycles. The zero-order chi connectivity index (χ0) is 36.0. The molecule has 48 heavy (non-hydrogen) atoms. The van der Waals surface area contributed by atoms with Crippen LogP contribution in [0.1, 0.15) is 93.9 Å². The van der Waals surface area contributed by atoms with Crippen molar-refractivity contribution in [2.75, 3.05) is 19.7 Å². The Hall–Kier alpha value is -3.64. The molecule has 0 aromatic rings. The molecule has 1 aliphatic heterocycles. The first-order valence-corrected chi connectivity index (χ1v) is 17.5. The summed E-state index contributed by atoms with van der Waals surface area (Å²) in [5.41, 5.74) is -0.651. The first-order valence-electron chi connectivity index (χ1n) is 17.5. The van der Waals surface area contributed by atoms with E-state index in [-0.39, 0.29) is 54.7 Å². The quantitative estimate of drug-likeness (QED) is 0.131. The van der Waals surface area contributed by atoms with E-state index in [1.165, 1.54) is 6.08 Å². The summed E-state index contributed by atoms with van der Waals surface area (Å²) < 4.78 is 5.39. The molecule has 1 saturated heterocycles. The van der Waals surface area contributed by atoms with Crippen LogP contribution in [0.3, 0.4) is 0 Å². The Morgan fingerprint density at radius 1 is 1.00 bits per heavy atom. The summed E-state index contributed by atoms with van der Waals surface area (Å²) in [6.45, 7) is 19.4. The fourth-order valence-corrected chi connectivity index (χ4v) is 7.17. The summed E-state index contributed by atoms with van der Waals surface area (Å²) in [7, 11) is 0. The Balaban J connectivity index is 1.80. The first-order chi connectivity index (χ1) is 22.4. The van der Waals surface area contributed by atoms with E-state index in [0.29, 0.717) is 13.0 Å². The Morgan fingerprint density at radius 2 is 1.65 bits per heavy atom. The number of urea groups is 1. The summed E-state index contributed by atoms with van der Waals surface area (Å²) in [4.78, 5) is 81.1. The third-order valence-electron chi connectivity index (χ3n) is 10.2. The smallest absolute Gasteiger partial charge is 0.407 e. The lowest BCUT2D eigenvalue weighted by Crippen LogP contribution is -2.61. The standard InChI is InChI=1S/C35H58N6O7/c1-10-14-23(28(42)30(44)36-17-11-2)38-29(43)27-25-22(35(25,8)9)18-41(27)31(45)26(21-15-12-13-16-21)40-32(46)39-24(34(5,6)7)19-48-33(47)37-20(3)4/h11,20-27H,2,10,12-19H2,1,3-9H3,(H,36,44)(H,37,47)(H,38,43)(H2,39,40,46)/t22-,23?,24+,25-,26-,27-/m0/s1. The number of carbonyl (C=O) groups is 6. The van der Waals surface area contributed by atoms with Gasteiger partial charge in [-0.05, 0) is 61.7 Å². The number of hydrogen-bond acceptors (Lipinski definition) is 7. The molecule has 13 heteroatoms. The van der Waals surface area contributed by atoms with Crippen molar-refractivity contribution in [3.63, 3.8) is 0 Å². The van der Waals surface area contributed by atoms with Crippen molar-refractivity contribution >= 4 is 35.6 Å². The van der Waals surface area contributed by atoms with Crippen LogP contribution in [0.5, 0.6) is 0 Å². The molecule has 270 valence electrons. The number of carbonyl (C=O) groups excluding carboxylic acids is 6. The highest BCUT2D eigenvalue weighted by atomic mass is 16.5. The Labute approximate surface area is 285 Å². The molecule has 1 heterocycles. The molecule has 6 amide bonds. The van der Waals surface area contributed by atoms with Crippen LogP contribution in [0.2, 0.25) is 0 Å². The number of rotatable bonds is 15. The third-order valence-corrected chi connectivity index (χ3v) is 10.2. The lowest BCUT2D eigenvalue weighted by Gasteiger charge is -2.36. The molecule has 3 rings (SSSR count). The van der Waals surface area contributed by atoms with Crippen molar-refractivity contribution in [3.8, 4) is 0 Å². The highest BCUT2D eigenvalue weighted by Gasteiger charge is 2.69. The van der Waals surface area contributed by atoms with E-state index >= 15 is 0 Å². The van der Waals surface area contributed by atoms with Crippen LogP contribution in [-0.2, 0) is 23.9 Å². The van der Waals surface area contributed by atoms with E-state index in [9.17, 15) is 28.8 Å². The van der Waals surface area contributed by atoms with Gasteiger partial charge in [-0.25, -0.2) is 9.59 Å². The molecular formula is C35H58N6O7. The van der Waals surface area contributed by atoms with E-state index < -0.39 is 59.3 Å². The van der Waals surface area contributed by atoms with E-state index in [4.69, 9.17) is 4.74 Å². The van der Waals surface area contributed by atoms with Gasteiger partial charge in [-0.1, -0.05) is 66.9 Å². The van der Waals surface area contributed by atoms with Crippen LogP contribution < -0.4 is 26.6 Å². The molecule has 0 aromatic carbocycles. The van der Waals surface area contributed by atoms with Gasteiger partial charge in [0.25, 0.3) is 5.91 Å². The summed E-state index contributed by atoms with van der Waals surface area (Å²) in [6, 6.07) is -3.95. The predicted octanol–water partition coefficient (Wildman–Crippen LogP) is 3.03. The van der Waals surface area contributed by atoms with Gasteiger partial charge < -0.3 is 36.2 Å². The summed E-state index contributed by atoms with van der Waals surface area (Å²) in [5.74, 6) is -2.48. The Bertz CT molecular complexity index is 1220. The number of nitrogens with zero attached hydrogens (tertiary/aromatic N) is 1. The molecule has 3 aliphatic rings. The molecule has 3 fully saturated rings. The van der Waals surface area contributed by atoms with E-state index in [0.717, 1.165) is 25.7 Å². The van der Waals surface area contributed by atoms with Crippen molar-refractivity contribution in [2.24, 2.45) is 28.6 Å². The van der Waals surface area contributed by atoms with Crippen molar-refractivity contribution in [3.05, 3.63) is 12.7 Å². The predicted molar refractivity (Wildman–Crippen MR) is 182 cm³/mol. The molecule has 6 atom stereocenters. The molecule has 13 nitrogen and oxygen atoms in total. The zero-order valence-corrected chi connectivity index (χ0v) is 30.1. The van der Waals surface area contributed by atoms with Crippen molar-refractivity contribution < 1.29 is 33.5 Å². The average molecular weight is 675 g/mol. The molecule has 5 N–H and O–H groups in total. The van der Waals surface area contributed by atoms with Gasteiger partial charge in [-0.2, -0.15) is 0 Å². The maximum absolute atomic E-state index is 14.4. The van der Waals surface area contributed by atoms with Gasteiger partial charge in [0.05, 0.1) is 12.1 Å². The second-order valence-electron chi connectivity index (χ2n) is 15.6. The first kappa shape index (κ1) is 38.8. The normalized spacial score (nSPS) is 23.3. The summed E-state index contributed by atoms with van der Waals surface area (Å²) in [6.07, 6.45) is 5.09. The van der Waals surface area contributed by atoms with Crippen molar-refractivity contribution in [2.45, 2.75) is 124 Å². The number of ether oxygens (including phenoxy) is 1. The van der Waals surface area contributed by atoms with Crippen LogP contribution in [0.4, 0.5) is 9.59 Å². The van der Waals surface area contributed by atoms with Gasteiger partial charge in [0.2, 0.25) is 17.6 Å². The fourth-order valence-electron chi connectivity index (χ4n) is 7.17. The van der Waals surface area contributed by atoms with Gasteiger partial charge in [0.15, 0.2) is 0 Å². The number of ketones is 1. The van der Waals surface area contributed by atoms with Gasteiger partial charge in [-0.15, -0.1) is 6.58 Å². The summed E-state index contributed by atoms with van der Waals surface area (Å²) >= 11 is 0. The minimum absolute atomic E-state index is 0.0619. The highest BCUT2D eigenvalue weighted by molar-refractivity contribution is 6.38. The fraction of sp³-hybridized carbons (Fsp3) is 0.771. The van der Waals surface area contributed by atoms with Gasteiger partial charge in [0.1, 0.15) is 18.7 Å². The van der Waals surface area contributed by atoms with Gasteiger partial charge >= 0.3 is 12.1 Å². The second-order valence-corrected chi connectivity index (χ2v) is 15.6. The molecular weight excluding hydrogens is 616 g/mol. The lowest BCUT2D eigenvalue weighted by atomic mass is 9.87. The second kappa shape index (κ2) is 16.2. The molecule has 0 spiro atoms. The minimum Gasteiger partial charge on any atom is -0.447 e. The average Bonchev–Trinajstić information content (AvgIpc) is 3.44. The van der Waals surface area contributed by atoms with E-state index in [1.54, 1.807) is 4.90 Å². The largest absolute Gasteiger partial charge is 0.447 e. The zero-order valence-electron chi connectivity index (χ0n) is 30.1. The molecule has 2 saturated carbocycles. The number of Topliss-reactive ketones (excluding diaryl/α,β-unsaturated/α-hetero) is 1. The Morgan fingerprint density at radius 3 is 2.21 bits per heavy atom. The number of piperidine rings is 1. The number of fused-ring (bicyclic) bond motifs is 1. The van der Waals surface area contributed by atoms with Crippen LogP contribution in [0, 0.1) is 28.6 Å². The monoisotopic (exact) mass is 674 g/mol. The molecule has 2 aliphatic carbocycles. The van der Waals surface area contributed by atoms with Crippen LogP contribution in [0.15, 0.2) is 12.7 Å². The Kier molecular flexibility index (Phi) is 13.1. The number of hydrogen-bond donors (Lipinski definition) is 5. The lowest BCUT2D eigenvalue weighted by molar-refractivity contribution is -0.144. The minimum atomic E-state index is -1.03. The third kappa shape index (κ3) is 9.49. The molecule has 1 unspecified atom stereocenters. The maximum Gasteiger partial charge on any atom is 0.407 e. The number of nitrogens with one attached hydrogen (secondary N) is 5. The van der Waals surface area contributed by atoms with Gasteiger partial charge in [0, 0.05) is 19.1 Å². The van der Waals surface area contributed by atoms with Crippen LogP contribution in [-0.4, -0.2) is 90.4 Å². The van der Waals surface area contributed by atoms with Gasteiger partial charge in [-0.3, -0.25) is 19.2 Å². The maximum atomic E-state index is 14.4. The van der Waals surface area contributed by atoms with Crippen LogP contribution in [0.25, 0.3) is 0 Å². The SMILES string of the molecule is C=CCNC(=O)C(=O)C(CCC)NC(=O)[C@@H]1[C@@H]2[C@H](CN1C(=O)[C@@H](NC(=O)N[C@H](COC(=O)NC(C)C)C(C)(C)C)C1CCCC1)C2(C)C. The number of likely N-dealkylation sites (tertiary alicyclic amines) is 1. The molecule has 0 bridgehead atoms. The topological polar surface area (TPSA) is 175 Å².